The van der Waals surface area contributed by atoms with E-state index in [1.807, 2.05) is 0 Å². The van der Waals surface area contributed by atoms with Crippen LogP contribution in [0, 0.1) is 6.92 Å². The summed E-state index contributed by atoms with van der Waals surface area (Å²) in [5.74, 6) is -0.350. The van der Waals surface area contributed by atoms with Crippen LogP contribution < -0.4 is 5.32 Å². The van der Waals surface area contributed by atoms with Gasteiger partial charge in [-0.2, -0.15) is 4.31 Å². The maximum atomic E-state index is 12.6. The lowest BCUT2D eigenvalue weighted by atomic mass is 10.1. The molecule has 2 heterocycles. The number of amides is 3. The van der Waals surface area contributed by atoms with Crippen molar-refractivity contribution in [1.29, 1.82) is 0 Å². The van der Waals surface area contributed by atoms with E-state index in [1.54, 1.807) is 6.92 Å². The Kier molecular flexibility index (Phi) is 4.04. The van der Waals surface area contributed by atoms with Crippen molar-refractivity contribution in [2.24, 2.45) is 0 Å². The molecule has 0 atom stereocenters. The van der Waals surface area contributed by atoms with Gasteiger partial charge in [-0.05, 0) is 24.6 Å². The second-order valence-electron chi connectivity index (χ2n) is 5.43. The van der Waals surface area contributed by atoms with Crippen LogP contribution in [-0.4, -0.2) is 55.2 Å². The third-order valence-electron chi connectivity index (χ3n) is 3.90. The van der Waals surface area contributed by atoms with E-state index in [0.29, 0.717) is 10.6 Å². The van der Waals surface area contributed by atoms with Crippen LogP contribution in [0.5, 0.6) is 0 Å². The molecule has 2 aliphatic rings. The van der Waals surface area contributed by atoms with E-state index in [9.17, 15) is 18.0 Å². The predicted octanol–water partition coefficient (Wildman–Crippen LogP) is 1.23. The number of nitrogens with zero attached hydrogens (tertiary/aromatic N) is 2. The van der Waals surface area contributed by atoms with Gasteiger partial charge in [0.25, 0.3) is 0 Å². The van der Waals surface area contributed by atoms with Gasteiger partial charge in [0.2, 0.25) is 15.9 Å². The highest BCUT2D eigenvalue weighted by Crippen LogP contribution is 2.33. The van der Waals surface area contributed by atoms with Gasteiger partial charge in [-0.15, -0.1) is 0 Å². The molecule has 124 valence electrons. The van der Waals surface area contributed by atoms with Gasteiger partial charge in [0.1, 0.15) is 4.90 Å². The second kappa shape index (κ2) is 5.62. The molecular formula is C13H13Cl2N3O4S. The Hall–Kier alpha value is -1.35. The molecule has 0 aromatic heterocycles. The zero-order valence-electron chi connectivity index (χ0n) is 12.0. The third-order valence-corrected chi connectivity index (χ3v) is 6.61. The molecule has 0 radical (unpaired) electrons. The SMILES string of the molecule is Cc1cc(S(=O)(=O)N2CC(N3C(=O)CNC3=O)C2)c(Cl)cc1Cl. The van der Waals surface area contributed by atoms with E-state index in [0.717, 1.165) is 4.90 Å². The minimum atomic E-state index is -3.80. The van der Waals surface area contributed by atoms with E-state index < -0.39 is 22.1 Å². The van der Waals surface area contributed by atoms with Gasteiger partial charge in [0.05, 0.1) is 17.6 Å². The van der Waals surface area contributed by atoms with Crippen molar-refractivity contribution >= 4 is 45.2 Å². The number of hydrogen-bond donors (Lipinski definition) is 1. The van der Waals surface area contributed by atoms with Gasteiger partial charge < -0.3 is 5.32 Å². The van der Waals surface area contributed by atoms with Crippen molar-refractivity contribution < 1.29 is 18.0 Å². The summed E-state index contributed by atoms with van der Waals surface area (Å²) in [5.41, 5.74) is 0.598. The lowest BCUT2D eigenvalue weighted by Crippen LogP contribution is -2.62. The largest absolute Gasteiger partial charge is 0.329 e. The number of carbonyl (C=O) groups excluding carboxylic acids is 2. The first-order valence-corrected chi connectivity index (χ1v) is 8.97. The van der Waals surface area contributed by atoms with Crippen molar-refractivity contribution in [2.75, 3.05) is 19.6 Å². The Morgan fingerprint density at radius 1 is 1.17 bits per heavy atom. The van der Waals surface area contributed by atoms with Crippen LogP contribution in [0.2, 0.25) is 10.0 Å². The van der Waals surface area contributed by atoms with E-state index in [4.69, 9.17) is 23.2 Å². The number of carbonyl (C=O) groups is 2. The number of hydrogen-bond acceptors (Lipinski definition) is 4. The number of rotatable bonds is 3. The molecule has 0 spiro atoms. The highest BCUT2D eigenvalue weighted by molar-refractivity contribution is 7.89. The zero-order valence-corrected chi connectivity index (χ0v) is 14.4. The lowest BCUT2D eigenvalue weighted by Gasteiger charge is -2.41. The Labute approximate surface area is 143 Å². The molecule has 2 aliphatic heterocycles. The molecule has 3 rings (SSSR count). The Morgan fingerprint density at radius 2 is 1.83 bits per heavy atom. The first-order valence-electron chi connectivity index (χ1n) is 6.77. The maximum absolute atomic E-state index is 12.6. The van der Waals surface area contributed by atoms with Gasteiger partial charge in [0, 0.05) is 18.1 Å². The number of urea groups is 1. The minimum Gasteiger partial charge on any atom is -0.329 e. The molecule has 10 heteroatoms. The van der Waals surface area contributed by atoms with Crippen molar-refractivity contribution in [2.45, 2.75) is 17.9 Å². The summed E-state index contributed by atoms with van der Waals surface area (Å²) in [7, 11) is -3.80. The molecular weight excluding hydrogens is 365 g/mol. The van der Waals surface area contributed by atoms with Crippen LogP contribution in [0.4, 0.5) is 4.79 Å². The fourth-order valence-electron chi connectivity index (χ4n) is 2.55. The number of imide groups is 1. The highest BCUT2D eigenvalue weighted by Gasteiger charge is 2.46. The fraction of sp³-hybridized carbons (Fsp3) is 0.385. The predicted molar refractivity (Wildman–Crippen MR) is 84.0 cm³/mol. The van der Waals surface area contributed by atoms with Crippen molar-refractivity contribution in [1.82, 2.24) is 14.5 Å². The lowest BCUT2D eigenvalue weighted by molar-refractivity contribution is -0.128. The monoisotopic (exact) mass is 377 g/mol. The normalized spacial score (nSPS) is 19.9. The number of halogens is 2. The number of nitrogens with one attached hydrogen (secondary N) is 1. The van der Waals surface area contributed by atoms with E-state index in [1.165, 1.54) is 16.4 Å². The number of sulfonamides is 1. The average molecular weight is 378 g/mol. The molecule has 7 nitrogen and oxygen atoms in total. The number of aryl methyl sites for hydroxylation is 1. The molecule has 3 amide bonds. The molecule has 2 fully saturated rings. The van der Waals surface area contributed by atoms with E-state index in [2.05, 4.69) is 5.32 Å². The maximum Gasteiger partial charge on any atom is 0.324 e. The quantitative estimate of drug-likeness (QED) is 0.802. The van der Waals surface area contributed by atoms with Crippen LogP contribution in [0.3, 0.4) is 0 Å². The van der Waals surface area contributed by atoms with Gasteiger partial charge in [-0.3, -0.25) is 9.69 Å². The van der Waals surface area contributed by atoms with Crippen LogP contribution in [0.25, 0.3) is 0 Å². The topological polar surface area (TPSA) is 86.8 Å². The minimum absolute atomic E-state index is 0.0308. The molecule has 2 saturated heterocycles. The van der Waals surface area contributed by atoms with Gasteiger partial charge in [-0.1, -0.05) is 23.2 Å². The number of benzene rings is 1. The van der Waals surface area contributed by atoms with Crippen LogP contribution in [-0.2, 0) is 14.8 Å². The summed E-state index contributed by atoms with van der Waals surface area (Å²) in [4.78, 5) is 24.2. The molecule has 0 unspecified atom stereocenters. The van der Waals surface area contributed by atoms with Crippen LogP contribution in [0.1, 0.15) is 5.56 Å². The van der Waals surface area contributed by atoms with Crippen molar-refractivity contribution in [3.05, 3.63) is 27.7 Å². The van der Waals surface area contributed by atoms with Crippen LogP contribution >= 0.6 is 23.2 Å². The first kappa shape index (κ1) is 16.5. The Balaban J connectivity index is 1.80. The summed E-state index contributed by atoms with van der Waals surface area (Å²) in [6.45, 7) is 1.74. The molecule has 23 heavy (non-hydrogen) atoms. The first-order chi connectivity index (χ1) is 10.7. The molecule has 1 aromatic rings. The van der Waals surface area contributed by atoms with Crippen molar-refractivity contribution in [3.8, 4) is 0 Å². The summed E-state index contributed by atoms with van der Waals surface area (Å²) >= 11 is 11.9. The molecule has 0 bridgehead atoms. The van der Waals surface area contributed by atoms with Crippen LogP contribution in [0.15, 0.2) is 17.0 Å². The van der Waals surface area contributed by atoms with Gasteiger partial charge in [-0.25, -0.2) is 13.2 Å². The average Bonchev–Trinajstić information content (AvgIpc) is 2.73. The zero-order chi connectivity index (χ0) is 16.9. The second-order valence-corrected chi connectivity index (χ2v) is 8.15. The summed E-state index contributed by atoms with van der Waals surface area (Å²) < 4.78 is 26.4. The summed E-state index contributed by atoms with van der Waals surface area (Å²) in [6.07, 6.45) is 0. The molecule has 1 N–H and O–H groups in total. The Bertz CT molecular complexity index is 790. The molecule has 0 saturated carbocycles. The van der Waals surface area contributed by atoms with Crippen molar-refractivity contribution in [3.63, 3.8) is 0 Å². The van der Waals surface area contributed by atoms with E-state index in [-0.39, 0.29) is 35.5 Å². The molecule has 1 aromatic carbocycles. The molecule has 0 aliphatic carbocycles. The van der Waals surface area contributed by atoms with Gasteiger partial charge >= 0.3 is 6.03 Å². The third kappa shape index (κ3) is 2.69. The fourth-order valence-corrected chi connectivity index (χ4v) is 4.87. The standard InChI is InChI=1S/C13H13Cl2N3O4S/c1-7-2-11(10(15)3-9(7)14)23(21,22)17-5-8(6-17)18-12(19)4-16-13(18)20/h2-3,8H,4-6H2,1H3,(H,16,20). The highest BCUT2D eigenvalue weighted by atomic mass is 35.5. The van der Waals surface area contributed by atoms with E-state index >= 15 is 0 Å². The van der Waals surface area contributed by atoms with Gasteiger partial charge in [0.15, 0.2) is 0 Å². The Morgan fingerprint density at radius 3 is 2.39 bits per heavy atom. The summed E-state index contributed by atoms with van der Waals surface area (Å²) in [5, 5.41) is 2.84. The summed E-state index contributed by atoms with van der Waals surface area (Å²) in [6, 6.07) is 1.87. The smallest absolute Gasteiger partial charge is 0.324 e.